The van der Waals surface area contributed by atoms with Crippen LogP contribution in [0.25, 0.3) is 0 Å². The fourth-order valence-electron chi connectivity index (χ4n) is 3.68. The van der Waals surface area contributed by atoms with E-state index in [0.717, 1.165) is 55.3 Å². The lowest BCUT2D eigenvalue weighted by Crippen LogP contribution is -2.62. The van der Waals surface area contributed by atoms with Gasteiger partial charge in [-0.25, -0.2) is 4.98 Å². The normalized spacial score (nSPS) is 30.3. The van der Waals surface area contributed by atoms with Crippen LogP contribution in [-0.4, -0.2) is 54.8 Å². The van der Waals surface area contributed by atoms with E-state index in [2.05, 4.69) is 14.8 Å². The Kier molecular flexibility index (Phi) is 3.56. The fourth-order valence-corrected chi connectivity index (χ4v) is 3.78. The summed E-state index contributed by atoms with van der Waals surface area (Å²) in [5.74, 6) is 1.93. The molecule has 114 valence electrons. The molecule has 2 atom stereocenters. The summed E-state index contributed by atoms with van der Waals surface area (Å²) in [6.07, 6.45) is 2.78. The average molecular weight is 308 g/mol. The van der Waals surface area contributed by atoms with Crippen LogP contribution in [0.1, 0.15) is 18.5 Å². The molecular formula is C16H22ClN3O. The minimum absolute atomic E-state index is 0.510. The van der Waals surface area contributed by atoms with Gasteiger partial charge in [0.25, 0.3) is 0 Å². The first-order chi connectivity index (χ1) is 10.2. The smallest absolute Gasteiger partial charge is 0.128 e. The summed E-state index contributed by atoms with van der Waals surface area (Å²) in [6.45, 7) is 6.93. The number of fused-ring (bicyclic) bond motifs is 1. The molecule has 0 radical (unpaired) electrons. The van der Waals surface area contributed by atoms with Crippen molar-refractivity contribution in [3.63, 3.8) is 0 Å². The van der Waals surface area contributed by atoms with E-state index in [1.54, 1.807) is 0 Å². The van der Waals surface area contributed by atoms with Crippen LogP contribution in [0.4, 0.5) is 5.82 Å². The van der Waals surface area contributed by atoms with Gasteiger partial charge in [-0.2, -0.15) is 0 Å². The van der Waals surface area contributed by atoms with Gasteiger partial charge >= 0.3 is 0 Å². The van der Waals surface area contributed by atoms with Crippen LogP contribution in [0, 0.1) is 12.8 Å². The molecule has 1 saturated carbocycles. The Hall–Kier alpha value is -0.840. The monoisotopic (exact) mass is 307 g/mol. The van der Waals surface area contributed by atoms with E-state index in [0.29, 0.717) is 12.1 Å². The topological polar surface area (TPSA) is 28.6 Å². The molecule has 0 N–H and O–H groups in total. The highest BCUT2D eigenvalue weighted by Crippen LogP contribution is 2.38. The average Bonchev–Trinajstić information content (AvgIpc) is 3.33. The van der Waals surface area contributed by atoms with Crippen molar-refractivity contribution in [1.29, 1.82) is 0 Å². The molecule has 4 nitrogen and oxygen atoms in total. The molecule has 4 rings (SSSR count). The number of aryl methyl sites for hydroxylation is 1. The summed E-state index contributed by atoms with van der Waals surface area (Å²) >= 11 is 6.08. The molecule has 3 fully saturated rings. The first-order valence-electron chi connectivity index (χ1n) is 7.94. The number of ether oxygens (including phenoxy) is 1. The standard InChI is InChI=1S/C16H22ClN3O/c1-11-14(17)4-5-16(18-11)19-6-7-20-13(8-19)9-21-10-15(20)12-2-3-12/h4-5,12-13,15H,2-3,6-10H2,1H3/t13-,15-/m1/s1. The van der Waals surface area contributed by atoms with Crippen LogP contribution >= 0.6 is 11.6 Å². The number of hydrogen-bond acceptors (Lipinski definition) is 4. The highest BCUT2D eigenvalue weighted by atomic mass is 35.5. The van der Waals surface area contributed by atoms with Crippen molar-refractivity contribution in [2.24, 2.45) is 5.92 Å². The second-order valence-corrected chi connectivity index (χ2v) is 6.92. The second kappa shape index (κ2) is 5.41. The van der Waals surface area contributed by atoms with Crippen molar-refractivity contribution < 1.29 is 4.74 Å². The summed E-state index contributed by atoms with van der Waals surface area (Å²) in [4.78, 5) is 9.71. The third-order valence-corrected chi connectivity index (χ3v) is 5.45. The second-order valence-electron chi connectivity index (χ2n) is 6.52. The molecular weight excluding hydrogens is 286 g/mol. The SMILES string of the molecule is Cc1nc(N2CCN3[C@@H](COC[C@@H]3C3CC3)C2)ccc1Cl. The zero-order valence-corrected chi connectivity index (χ0v) is 13.2. The van der Waals surface area contributed by atoms with Gasteiger partial charge in [-0.05, 0) is 37.8 Å². The van der Waals surface area contributed by atoms with E-state index < -0.39 is 0 Å². The highest BCUT2D eigenvalue weighted by molar-refractivity contribution is 6.31. The van der Waals surface area contributed by atoms with Crippen molar-refractivity contribution in [2.75, 3.05) is 37.7 Å². The van der Waals surface area contributed by atoms with E-state index in [9.17, 15) is 0 Å². The molecule has 2 aliphatic heterocycles. The molecule has 3 aliphatic rings. The zero-order chi connectivity index (χ0) is 14.4. The lowest BCUT2D eigenvalue weighted by atomic mass is 10.0. The van der Waals surface area contributed by atoms with Crippen molar-refractivity contribution >= 4 is 17.4 Å². The van der Waals surface area contributed by atoms with Crippen LogP contribution in [0.5, 0.6) is 0 Å². The van der Waals surface area contributed by atoms with Crippen molar-refractivity contribution in [3.05, 3.63) is 22.8 Å². The number of anilines is 1. The molecule has 21 heavy (non-hydrogen) atoms. The predicted molar refractivity (Wildman–Crippen MR) is 84.0 cm³/mol. The number of hydrogen-bond donors (Lipinski definition) is 0. The predicted octanol–water partition coefficient (Wildman–Crippen LogP) is 2.34. The van der Waals surface area contributed by atoms with Crippen molar-refractivity contribution in [1.82, 2.24) is 9.88 Å². The van der Waals surface area contributed by atoms with E-state index in [1.807, 2.05) is 19.1 Å². The van der Waals surface area contributed by atoms with Gasteiger partial charge < -0.3 is 9.64 Å². The Morgan fingerprint density at radius 3 is 2.86 bits per heavy atom. The minimum Gasteiger partial charge on any atom is -0.378 e. The quantitative estimate of drug-likeness (QED) is 0.838. The molecule has 0 unspecified atom stereocenters. The summed E-state index contributed by atoms with van der Waals surface area (Å²) in [6, 6.07) is 5.16. The Balaban J connectivity index is 1.49. The first-order valence-corrected chi connectivity index (χ1v) is 8.32. The molecule has 1 aromatic heterocycles. The maximum Gasteiger partial charge on any atom is 0.128 e. The Labute approximate surface area is 131 Å². The van der Waals surface area contributed by atoms with E-state index in [4.69, 9.17) is 16.3 Å². The van der Waals surface area contributed by atoms with Gasteiger partial charge in [-0.3, -0.25) is 4.90 Å². The van der Waals surface area contributed by atoms with E-state index in [-0.39, 0.29) is 0 Å². The number of aromatic nitrogens is 1. The molecule has 3 heterocycles. The maximum atomic E-state index is 6.08. The first kappa shape index (κ1) is 13.8. The highest BCUT2D eigenvalue weighted by Gasteiger charge is 2.42. The third-order valence-electron chi connectivity index (χ3n) is 5.05. The molecule has 0 aromatic carbocycles. The van der Waals surface area contributed by atoms with Gasteiger partial charge in [0.05, 0.1) is 30.0 Å². The van der Waals surface area contributed by atoms with Crippen LogP contribution in [0.15, 0.2) is 12.1 Å². The molecule has 0 bridgehead atoms. The molecule has 1 aliphatic carbocycles. The number of piperazine rings is 1. The number of rotatable bonds is 2. The van der Waals surface area contributed by atoms with Gasteiger partial charge in [-0.15, -0.1) is 0 Å². The maximum absolute atomic E-state index is 6.08. The molecule has 0 amide bonds. The lowest BCUT2D eigenvalue weighted by Gasteiger charge is -2.48. The summed E-state index contributed by atoms with van der Waals surface area (Å²) < 4.78 is 5.87. The summed E-state index contributed by atoms with van der Waals surface area (Å²) in [5.41, 5.74) is 0.910. The summed E-state index contributed by atoms with van der Waals surface area (Å²) in [7, 11) is 0. The Morgan fingerprint density at radius 1 is 1.24 bits per heavy atom. The lowest BCUT2D eigenvalue weighted by molar-refractivity contribution is -0.0603. The van der Waals surface area contributed by atoms with Crippen LogP contribution in [0.3, 0.4) is 0 Å². The molecule has 0 spiro atoms. The van der Waals surface area contributed by atoms with Crippen LogP contribution < -0.4 is 4.90 Å². The van der Waals surface area contributed by atoms with Gasteiger partial charge in [0.15, 0.2) is 0 Å². The Morgan fingerprint density at radius 2 is 2.10 bits per heavy atom. The molecule has 2 saturated heterocycles. The van der Waals surface area contributed by atoms with Gasteiger partial charge in [0.1, 0.15) is 5.82 Å². The van der Waals surface area contributed by atoms with Gasteiger partial charge in [0.2, 0.25) is 0 Å². The number of morpholine rings is 1. The zero-order valence-electron chi connectivity index (χ0n) is 12.5. The van der Waals surface area contributed by atoms with E-state index in [1.165, 1.54) is 12.8 Å². The number of pyridine rings is 1. The number of halogens is 1. The van der Waals surface area contributed by atoms with Crippen LogP contribution in [-0.2, 0) is 4.74 Å². The fraction of sp³-hybridized carbons (Fsp3) is 0.688. The Bertz CT molecular complexity index is 534. The van der Waals surface area contributed by atoms with Crippen molar-refractivity contribution in [3.8, 4) is 0 Å². The summed E-state index contributed by atoms with van der Waals surface area (Å²) in [5, 5.41) is 0.743. The van der Waals surface area contributed by atoms with Crippen molar-refractivity contribution in [2.45, 2.75) is 31.8 Å². The largest absolute Gasteiger partial charge is 0.378 e. The third kappa shape index (κ3) is 2.65. The van der Waals surface area contributed by atoms with E-state index >= 15 is 0 Å². The van der Waals surface area contributed by atoms with Crippen LogP contribution in [0.2, 0.25) is 5.02 Å². The minimum atomic E-state index is 0.510. The van der Waals surface area contributed by atoms with Gasteiger partial charge in [-0.1, -0.05) is 11.6 Å². The molecule has 1 aromatic rings. The number of nitrogens with zero attached hydrogens (tertiary/aromatic N) is 3. The molecule has 5 heteroatoms. The van der Waals surface area contributed by atoms with Gasteiger partial charge in [0, 0.05) is 25.7 Å².